The van der Waals surface area contributed by atoms with Gasteiger partial charge in [0.2, 0.25) is 5.91 Å². The van der Waals surface area contributed by atoms with Crippen molar-refractivity contribution in [2.24, 2.45) is 5.41 Å². The lowest BCUT2D eigenvalue weighted by Crippen LogP contribution is -2.52. The van der Waals surface area contributed by atoms with Crippen molar-refractivity contribution < 1.29 is 23.8 Å². The van der Waals surface area contributed by atoms with E-state index in [0.29, 0.717) is 64.5 Å². The topological polar surface area (TPSA) is 71.0 Å². The molecule has 2 aliphatic heterocycles. The number of carbonyl (C=O) groups is 1. The predicted octanol–water partition coefficient (Wildman–Crippen LogP) is 1.64. The Morgan fingerprint density at radius 2 is 1.75 bits per heavy atom. The normalized spacial score (nSPS) is 25.1. The summed E-state index contributed by atoms with van der Waals surface area (Å²) in [6.07, 6.45) is 2.99. The van der Waals surface area contributed by atoms with E-state index in [1.165, 1.54) is 6.07 Å². The van der Waals surface area contributed by atoms with Gasteiger partial charge in [-0.05, 0) is 18.9 Å². The summed E-state index contributed by atoms with van der Waals surface area (Å²) in [7, 11) is 0. The number of aliphatic hydroxyl groups is 1. The summed E-state index contributed by atoms with van der Waals surface area (Å²) in [5.41, 5.74) is -0.682. The van der Waals surface area contributed by atoms with Crippen LogP contribution in [0, 0.1) is 11.2 Å². The fraction of sp³-hybridized carbons (Fsp3) is 0.667. The molecule has 2 saturated heterocycles. The number of morpholine rings is 1. The molecule has 1 saturated carbocycles. The molecule has 1 aromatic carbocycles. The Labute approximate surface area is 165 Å². The Bertz CT molecular complexity index is 697. The molecule has 3 fully saturated rings. The average Bonchev–Trinajstić information content (AvgIpc) is 3.51. The summed E-state index contributed by atoms with van der Waals surface area (Å²) in [6, 6.07) is 5.77. The van der Waals surface area contributed by atoms with Crippen LogP contribution in [0.1, 0.15) is 37.3 Å². The summed E-state index contributed by atoms with van der Waals surface area (Å²) in [5.74, 6) is -0.590. The van der Waals surface area contributed by atoms with Gasteiger partial charge in [-0.1, -0.05) is 18.2 Å². The maximum absolute atomic E-state index is 14.5. The molecule has 1 aromatic rings. The molecule has 28 heavy (non-hydrogen) atoms. The summed E-state index contributed by atoms with van der Waals surface area (Å²) < 4.78 is 25.3. The van der Waals surface area contributed by atoms with Crippen LogP contribution in [0.4, 0.5) is 4.39 Å². The lowest BCUT2D eigenvalue weighted by atomic mass is 9.78. The fourth-order valence-electron chi connectivity index (χ4n) is 4.59. The molecule has 154 valence electrons. The number of hydrogen-bond acceptors (Lipinski definition) is 5. The Morgan fingerprint density at radius 1 is 1.11 bits per heavy atom. The summed E-state index contributed by atoms with van der Waals surface area (Å²) in [4.78, 5) is 15.2. The summed E-state index contributed by atoms with van der Waals surface area (Å²) in [6.45, 7) is 3.74. The minimum atomic E-state index is -0.787. The molecule has 0 aromatic heterocycles. The molecule has 0 spiro atoms. The monoisotopic (exact) mass is 392 g/mol. The van der Waals surface area contributed by atoms with Gasteiger partial charge >= 0.3 is 0 Å². The van der Waals surface area contributed by atoms with Crippen LogP contribution in [0.3, 0.4) is 0 Å². The highest BCUT2D eigenvalue weighted by molar-refractivity contribution is 5.83. The highest BCUT2D eigenvalue weighted by Gasteiger charge is 2.58. The van der Waals surface area contributed by atoms with Crippen molar-refractivity contribution in [1.82, 2.24) is 10.2 Å². The largest absolute Gasteiger partial charge is 0.389 e. The van der Waals surface area contributed by atoms with E-state index in [9.17, 15) is 14.3 Å². The molecule has 3 aliphatic rings. The van der Waals surface area contributed by atoms with Gasteiger partial charge in [0.15, 0.2) is 0 Å². The first-order valence-electron chi connectivity index (χ1n) is 10.2. The van der Waals surface area contributed by atoms with Crippen LogP contribution >= 0.6 is 0 Å². The highest BCUT2D eigenvalue weighted by Crippen LogP contribution is 2.57. The van der Waals surface area contributed by atoms with Crippen LogP contribution in [-0.2, 0) is 14.3 Å². The van der Waals surface area contributed by atoms with Crippen molar-refractivity contribution in [3.63, 3.8) is 0 Å². The number of nitrogens with zero attached hydrogens (tertiary/aromatic N) is 1. The first kappa shape index (κ1) is 19.8. The van der Waals surface area contributed by atoms with E-state index in [-0.39, 0.29) is 17.1 Å². The quantitative estimate of drug-likeness (QED) is 0.770. The molecule has 0 bridgehead atoms. The van der Waals surface area contributed by atoms with Gasteiger partial charge in [-0.3, -0.25) is 9.69 Å². The van der Waals surface area contributed by atoms with E-state index in [1.807, 2.05) is 4.90 Å². The number of nitrogens with one attached hydrogen (secondary N) is 1. The van der Waals surface area contributed by atoms with Gasteiger partial charge in [0.1, 0.15) is 11.9 Å². The Kier molecular flexibility index (Phi) is 5.69. The highest BCUT2D eigenvalue weighted by atomic mass is 19.1. The second-order valence-corrected chi connectivity index (χ2v) is 8.21. The lowest BCUT2D eigenvalue weighted by molar-refractivity contribution is -0.131. The molecule has 6 nitrogen and oxygen atoms in total. The van der Waals surface area contributed by atoms with Crippen molar-refractivity contribution in [3.8, 4) is 0 Å². The third-order valence-corrected chi connectivity index (χ3v) is 6.62. The molecule has 4 rings (SSSR count). The maximum atomic E-state index is 14.5. The zero-order valence-electron chi connectivity index (χ0n) is 16.2. The van der Waals surface area contributed by atoms with Crippen molar-refractivity contribution >= 4 is 5.91 Å². The van der Waals surface area contributed by atoms with Crippen LogP contribution in [0.25, 0.3) is 0 Å². The average molecular weight is 392 g/mol. The van der Waals surface area contributed by atoms with E-state index in [4.69, 9.17) is 9.47 Å². The van der Waals surface area contributed by atoms with Gasteiger partial charge in [-0.15, -0.1) is 0 Å². The first-order valence-corrected chi connectivity index (χ1v) is 10.2. The second-order valence-electron chi connectivity index (χ2n) is 8.21. The van der Waals surface area contributed by atoms with Crippen LogP contribution in [-0.4, -0.2) is 67.6 Å². The number of ether oxygens (including phenoxy) is 2. The van der Waals surface area contributed by atoms with Gasteiger partial charge in [-0.25, -0.2) is 4.39 Å². The molecule has 7 heteroatoms. The number of carbonyl (C=O) groups excluding carboxylic acids is 1. The lowest BCUT2D eigenvalue weighted by Gasteiger charge is -2.40. The third kappa shape index (κ3) is 3.81. The number of benzene rings is 1. The van der Waals surface area contributed by atoms with E-state index in [2.05, 4.69) is 5.32 Å². The van der Waals surface area contributed by atoms with Crippen molar-refractivity contribution in [2.75, 3.05) is 46.1 Å². The van der Waals surface area contributed by atoms with Crippen molar-refractivity contribution in [1.29, 1.82) is 0 Å². The first-order chi connectivity index (χ1) is 13.5. The zero-order chi connectivity index (χ0) is 19.6. The molecule has 1 amide bonds. The number of halogens is 1. The molecule has 1 unspecified atom stereocenters. The fourth-order valence-corrected chi connectivity index (χ4v) is 4.59. The third-order valence-electron chi connectivity index (χ3n) is 6.62. The van der Waals surface area contributed by atoms with Crippen molar-refractivity contribution in [3.05, 3.63) is 35.6 Å². The molecule has 0 radical (unpaired) electrons. The molecule has 2 heterocycles. The minimum Gasteiger partial charge on any atom is -0.389 e. The van der Waals surface area contributed by atoms with Crippen LogP contribution in [0.15, 0.2) is 24.3 Å². The van der Waals surface area contributed by atoms with E-state index in [0.717, 1.165) is 12.8 Å². The number of rotatable bonds is 6. The van der Waals surface area contributed by atoms with Gasteiger partial charge in [0.25, 0.3) is 0 Å². The van der Waals surface area contributed by atoms with Gasteiger partial charge < -0.3 is 19.9 Å². The molecule has 1 aliphatic carbocycles. The number of hydrogen-bond donors (Lipinski definition) is 2. The molecular weight excluding hydrogens is 363 g/mol. The van der Waals surface area contributed by atoms with Gasteiger partial charge in [0.05, 0.1) is 18.8 Å². The Balaban J connectivity index is 1.49. The van der Waals surface area contributed by atoms with Gasteiger partial charge in [0, 0.05) is 56.7 Å². The van der Waals surface area contributed by atoms with E-state index < -0.39 is 11.6 Å². The summed E-state index contributed by atoms with van der Waals surface area (Å²) in [5, 5.41) is 14.1. The van der Waals surface area contributed by atoms with Gasteiger partial charge in [-0.2, -0.15) is 0 Å². The van der Waals surface area contributed by atoms with Crippen LogP contribution in [0.2, 0.25) is 0 Å². The smallest absolute Gasteiger partial charge is 0.242 e. The number of amides is 1. The van der Waals surface area contributed by atoms with Crippen molar-refractivity contribution in [2.45, 2.75) is 37.3 Å². The minimum absolute atomic E-state index is 0.214. The van der Waals surface area contributed by atoms with Crippen LogP contribution in [0.5, 0.6) is 0 Å². The van der Waals surface area contributed by atoms with E-state index >= 15 is 0 Å². The zero-order valence-corrected chi connectivity index (χ0v) is 16.2. The second kappa shape index (κ2) is 8.06. The van der Waals surface area contributed by atoms with E-state index in [1.54, 1.807) is 18.2 Å². The maximum Gasteiger partial charge on any atom is 0.242 e. The Morgan fingerprint density at radius 3 is 2.39 bits per heavy atom. The molecular formula is C21H29FN2O4. The van der Waals surface area contributed by atoms with Crippen LogP contribution < -0.4 is 5.32 Å². The molecule has 2 N–H and O–H groups in total. The molecule has 1 atom stereocenters. The summed E-state index contributed by atoms with van der Waals surface area (Å²) >= 11 is 0. The SMILES string of the molecule is O=C(NCC1(C2(O)CCOCC2)CC1)C(c1ccccc1F)N1CCOCC1. The standard InChI is InChI=1S/C21H29FN2O4/c22-17-4-2-1-3-16(17)18(24-9-13-28-14-10-24)19(25)23-15-20(5-6-20)21(26)7-11-27-12-8-21/h1-4,18,26H,5-15H2,(H,23,25). The Hall–Kier alpha value is -1.54. The predicted molar refractivity (Wildman–Crippen MR) is 101 cm³/mol.